The van der Waals surface area contributed by atoms with Gasteiger partial charge >= 0.3 is 6.03 Å². The Kier molecular flexibility index (Phi) is 6.47. The first-order valence-corrected chi connectivity index (χ1v) is 9.37. The molecule has 2 aromatic rings. The van der Waals surface area contributed by atoms with E-state index in [0.717, 1.165) is 17.0 Å². The Balaban J connectivity index is 1.46. The van der Waals surface area contributed by atoms with Crippen LogP contribution in [0.4, 0.5) is 14.9 Å². The summed E-state index contributed by atoms with van der Waals surface area (Å²) in [5.41, 5.74) is 1.73. The largest absolute Gasteiger partial charge is 0.494 e. The first kappa shape index (κ1) is 19.7. The van der Waals surface area contributed by atoms with Gasteiger partial charge in [-0.05, 0) is 55.3 Å². The molecule has 1 N–H and O–H groups in total. The summed E-state index contributed by atoms with van der Waals surface area (Å²) in [5, 5.41) is 2.81. The van der Waals surface area contributed by atoms with E-state index in [-0.39, 0.29) is 24.3 Å². The molecule has 1 aliphatic rings. The third-order valence-electron chi connectivity index (χ3n) is 4.54. The lowest BCUT2D eigenvalue weighted by molar-refractivity contribution is -0.121. The number of nitrogens with zero attached hydrogens (tertiary/aromatic N) is 2. The molecule has 1 fully saturated rings. The number of carbonyl (C=O) groups is 2. The van der Waals surface area contributed by atoms with Gasteiger partial charge in [0.2, 0.25) is 5.91 Å². The molecule has 3 amide bonds. The molecule has 2 aromatic carbocycles. The lowest BCUT2D eigenvalue weighted by atomic mass is 10.1. The summed E-state index contributed by atoms with van der Waals surface area (Å²) >= 11 is 0. The number of benzene rings is 2. The molecule has 7 heteroatoms. The average molecular weight is 385 g/mol. The van der Waals surface area contributed by atoms with Gasteiger partial charge in [0.05, 0.1) is 6.61 Å². The van der Waals surface area contributed by atoms with Crippen LogP contribution in [0.3, 0.4) is 0 Å². The molecule has 1 aliphatic heterocycles. The molecule has 0 atom stereocenters. The zero-order chi connectivity index (χ0) is 19.9. The zero-order valence-electron chi connectivity index (χ0n) is 15.9. The van der Waals surface area contributed by atoms with Crippen molar-refractivity contribution in [1.29, 1.82) is 0 Å². The molecule has 0 aliphatic carbocycles. The monoisotopic (exact) mass is 385 g/mol. The van der Waals surface area contributed by atoms with Crippen LogP contribution in [0.2, 0.25) is 0 Å². The fourth-order valence-corrected chi connectivity index (χ4v) is 3.08. The minimum absolute atomic E-state index is 0.0236. The number of hydrogen-bond donors (Lipinski definition) is 1. The Hall–Kier alpha value is -3.09. The molecule has 0 spiro atoms. The van der Waals surface area contributed by atoms with Crippen molar-refractivity contribution in [2.45, 2.75) is 13.3 Å². The fourth-order valence-electron chi connectivity index (χ4n) is 3.08. The van der Waals surface area contributed by atoms with Crippen molar-refractivity contribution in [2.75, 3.05) is 37.7 Å². The molecule has 1 saturated heterocycles. The SMILES string of the molecule is CCOc1ccc(N2CCN(CC(=O)NCCc3ccc(F)cc3)C2=O)cc1. The predicted octanol–water partition coefficient (Wildman–Crippen LogP) is 2.83. The van der Waals surface area contributed by atoms with E-state index in [0.29, 0.717) is 32.7 Å². The maximum Gasteiger partial charge on any atom is 0.325 e. The predicted molar refractivity (Wildman–Crippen MR) is 105 cm³/mol. The summed E-state index contributed by atoms with van der Waals surface area (Å²) < 4.78 is 18.3. The van der Waals surface area contributed by atoms with Crippen LogP contribution in [0.25, 0.3) is 0 Å². The van der Waals surface area contributed by atoms with Crippen molar-refractivity contribution in [1.82, 2.24) is 10.2 Å². The second-order valence-corrected chi connectivity index (χ2v) is 6.51. The molecular weight excluding hydrogens is 361 g/mol. The van der Waals surface area contributed by atoms with Crippen molar-refractivity contribution >= 4 is 17.6 Å². The molecule has 1 heterocycles. The summed E-state index contributed by atoms with van der Waals surface area (Å²) in [5.74, 6) is 0.275. The normalized spacial score (nSPS) is 13.7. The van der Waals surface area contributed by atoms with E-state index in [1.54, 1.807) is 17.0 Å². The number of carbonyl (C=O) groups excluding carboxylic acids is 2. The first-order chi connectivity index (χ1) is 13.6. The van der Waals surface area contributed by atoms with Crippen molar-refractivity contribution in [3.8, 4) is 5.75 Å². The maximum absolute atomic E-state index is 12.9. The molecule has 3 rings (SSSR count). The van der Waals surface area contributed by atoms with Crippen LogP contribution in [-0.4, -0.2) is 49.6 Å². The number of nitrogens with one attached hydrogen (secondary N) is 1. The van der Waals surface area contributed by atoms with Crippen LogP contribution in [0, 0.1) is 5.82 Å². The first-order valence-electron chi connectivity index (χ1n) is 9.37. The van der Waals surface area contributed by atoms with E-state index in [2.05, 4.69) is 5.32 Å². The summed E-state index contributed by atoms with van der Waals surface area (Å²) in [6.07, 6.45) is 0.609. The Morgan fingerprint density at radius 3 is 2.50 bits per heavy atom. The molecule has 0 saturated carbocycles. The van der Waals surface area contributed by atoms with Crippen molar-refractivity contribution in [3.05, 3.63) is 59.9 Å². The van der Waals surface area contributed by atoms with E-state index >= 15 is 0 Å². The highest BCUT2D eigenvalue weighted by atomic mass is 19.1. The standard InChI is InChI=1S/C21H24FN3O3/c1-2-28-19-9-7-18(8-10-19)25-14-13-24(21(25)27)15-20(26)23-12-11-16-3-5-17(22)6-4-16/h3-10H,2,11-15H2,1H3,(H,23,26). The number of ether oxygens (including phenoxy) is 1. The van der Waals surface area contributed by atoms with E-state index in [9.17, 15) is 14.0 Å². The van der Waals surface area contributed by atoms with Crippen molar-refractivity contribution in [3.63, 3.8) is 0 Å². The van der Waals surface area contributed by atoms with Crippen LogP contribution in [0.1, 0.15) is 12.5 Å². The van der Waals surface area contributed by atoms with Gasteiger partial charge < -0.3 is 15.0 Å². The Morgan fingerprint density at radius 1 is 1.11 bits per heavy atom. The summed E-state index contributed by atoms with van der Waals surface area (Å²) in [6.45, 7) is 4.00. The van der Waals surface area contributed by atoms with Gasteiger partial charge in [0, 0.05) is 25.3 Å². The van der Waals surface area contributed by atoms with Crippen LogP contribution < -0.4 is 15.0 Å². The third-order valence-corrected chi connectivity index (χ3v) is 4.54. The van der Waals surface area contributed by atoms with E-state index < -0.39 is 0 Å². The lowest BCUT2D eigenvalue weighted by Gasteiger charge is -2.18. The highest BCUT2D eigenvalue weighted by Gasteiger charge is 2.30. The maximum atomic E-state index is 12.9. The summed E-state index contributed by atoms with van der Waals surface area (Å²) in [4.78, 5) is 27.9. The molecule has 0 aromatic heterocycles. The van der Waals surface area contributed by atoms with Crippen LogP contribution in [0.5, 0.6) is 5.75 Å². The second kappa shape index (κ2) is 9.21. The number of anilines is 1. The van der Waals surface area contributed by atoms with Crippen molar-refractivity contribution < 1.29 is 18.7 Å². The van der Waals surface area contributed by atoms with Gasteiger partial charge in [-0.2, -0.15) is 0 Å². The molecule has 148 valence electrons. The Labute approximate surface area is 163 Å². The van der Waals surface area contributed by atoms with Gasteiger partial charge in [0.15, 0.2) is 0 Å². The van der Waals surface area contributed by atoms with Gasteiger partial charge in [-0.1, -0.05) is 12.1 Å². The topological polar surface area (TPSA) is 61.9 Å². The second-order valence-electron chi connectivity index (χ2n) is 6.51. The fraction of sp³-hybridized carbons (Fsp3) is 0.333. The Morgan fingerprint density at radius 2 is 1.82 bits per heavy atom. The highest BCUT2D eigenvalue weighted by Crippen LogP contribution is 2.23. The van der Waals surface area contributed by atoms with E-state index in [1.807, 2.05) is 31.2 Å². The Bertz CT molecular complexity index is 809. The van der Waals surface area contributed by atoms with E-state index in [1.165, 1.54) is 17.0 Å². The molecular formula is C21H24FN3O3. The molecule has 0 bridgehead atoms. The molecule has 6 nitrogen and oxygen atoms in total. The van der Waals surface area contributed by atoms with Gasteiger partial charge in [-0.15, -0.1) is 0 Å². The molecule has 0 radical (unpaired) electrons. The van der Waals surface area contributed by atoms with Crippen LogP contribution in [-0.2, 0) is 11.2 Å². The van der Waals surface area contributed by atoms with Crippen LogP contribution >= 0.6 is 0 Å². The van der Waals surface area contributed by atoms with Gasteiger partial charge in [0.25, 0.3) is 0 Å². The quantitative estimate of drug-likeness (QED) is 0.760. The number of urea groups is 1. The van der Waals surface area contributed by atoms with Gasteiger partial charge in [0.1, 0.15) is 18.1 Å². The van der Waals surface area contributed by atoms with Gasteiger partial charge in [-0.3, -0.25) is 9.69 Å². The number of rotatable bonds is 8. The third kappa shape index (κ3) is 5.00. The lowest BCUT2D eigenvalue weighted by Crippen LogP contribution is -2.40. The molecule has 28 heavy (non-hydrogen) atoms. The minimum atomic E-state index is -0.280. The number of amides is 3. The average Bonchev–Trinajstić information content (AvgIpc) is 3.05. The van der Waals surface area contributed by atoms with Crippen molar-refractivity contribution in [2.24, 2.45) is 0 Å². The summed E-state index contributed by atoms with van der Waals surface area (Å²) in [7, 11) is 0. The molecule has 0 unspecified atom stereocenters. The number of halogens is 1. The number of hydrogen-bond acceptors (Lipinski definition) is 3. The van der Waals surface area contributed by atoms with Gasteiger partial charge in [-0.25, -0.2) is 9.18 Å². The zero-order valence-corrected chi connectivity index (χ0v) is 15.9. The van der Waals surface area contributed by atoms with E-state index in [4.69, 9.17) is 4.74 Å². The summed E-state index contributed by atoms with van der Waals surface area (Å²) in [6, 6.07) is 13.3. The van der Waals surface area contributed by atoms with Crippen LogP contribution in [0.15, 0.2) is 48.5 Å². The minimum Gasteiger partial charge on any atom is -0.494 e. The smallest absolute Gasteiger partial charge is 0.325 e. The highest BCUT2D eigenvalue weighted by molar-refractivity contribution is 5.96.